The maximum absolute atomic E-state index is 12.6. The maximum atomic E-state index is 12.6. The Morgan fingerprint density at radius 1 is 1.00 bits per heavy atom. The Balaban J connectivity index is 1.24. The van der Waals surface area contributed by atoms with Gasteiger partial charge in [0.15, 0.2) is 0 Å². The summed E-state index contributed by atoms with van der Waals surface area (Å²) in [4.78, 5) is 36.1. The lowest BCUT2D eigenvalue weighted by Gasteiger charge is -2.21. The topological polar surface area (TPSA) is 105 Å². The molecule has 0 spiro atoms. The molecule has 4 rings (SSSR count). The normalized spacial score (nSPS) is 19.6. The van der Waals surface area contributed by atoms with Gasteiger partial charge in [0.2, 0.25) is 5.91 Å². The fourth-order valence-corrected chi connectivity index (χ4v) is 5.37. The van der Waals surface area contributed by atoms with E-state index in [1.165, 1.54) is 22.3 Å². The van der Waals surface area contributed by atoms with Gasteiger partial charge in [-0.3, -0.25) is 9.59 Å². The van der Waals surface area contributed by atoms with Crippen LogP contribution in [0, 0.1) is 11.8 Å². The smallest absolute Gasteiger partial charge is 0.407 e. The molecular formula is C28H34N2O5. The summed E-state index contributed by atoms with van der Waals surface area (Å²) in [5.74, 6) is -0.824. The molecule has 3 N–H and O–H groups in total. The van der Waals surface area contributed by atoms with Gasteiger partial charge in [-0.25, -0.2) is 4.79 Å². The van der Waals surface area contributed by atoms with E-state index in [2.05, 4.69) is 34.9 Å². The summed E-state index contributed by atoms with van der Waals surface area (Å²) >= 11 is 0. The first-order valence-corrected chi connectivity index (χ1v) is 12.4. The van der Waals surface area contributed by atoms with E-state index in [-0.39, 0.29) is 48.8 Å². The Hall–Kier alpha value is -3.35. The van der Waals surface area contributed by atoms with Crippen molar-refractivity contribution in [1.82, 2.24) is 10.6 Å². The van der Waals surface area contributed by atoms with Crippen LogP contribution in [0.4, 0.5) is 4.79 Å². The van der Waals surface area contributed by atoms with Crippen LogP contribution < -0.4 is 10.6 Å². The first kappa shape index (κ1) is 24.8. The van der Waals surface area contributed by atoms with Crippen LogP contribution in [0.5, 0.6) is 0 Å². The molecule has 35 heavy (non-hydrogen) atoms. The van der Waals surface area contributed by atoms with E-state index in [1.54, 1.807) is 0 Å². The summed E-state index contributed by atoms with van der Waals surface area (Å²) in [6.45, 7) is 4.08. The molecule has 1 fully saturated rings. The summed E-state index contributed by atoms with van der Waals surface area (Å²) in [5, 5.41) is 14.9. The van der Waals surface area contributed by atoms with E-state index in [0.717, 1.165) is 12.8 Å². The molecule has 1 unspecified atom stereocenters. The van der Waals surface area contributed by atoms with Crippen LogP contribution in [0.25, 0.3) is 11.1 Å². The Morgan fingerprint density at radius 3 is 2.23 bits per heavy atom. The van der Waals surface area contributed by atoms with Gasteiger partial charge < -0.3 is 20.5 Å². The number of carboxylic acid groups (broad SMARTS) is 1. The monoisotopic (exact) mass is 478 g/mol. The molecule has 7 nitrogen and oxygen atoms in total. The van der Waals surface area contributed by atoms with Gasteiger partial charge in [0.05, 0.1) is 6.42 Å². The zero-order valence-electron chi connectivity index (χ0n) is 20.3. The number of amides is 2. The molecule has 2 aliphatic carbocycles. The van der Waals surface area contributed by atoms with E-state index in [1.807, 2.05) is 38.1 Å². The molecule has 2 aliphatic rings. The number of fused-ring (bicyclic) bond motifs is 3. The Bertz CT molecular complexity index is 1040. The van der Waals surface area contributed by atoms with Gasteiger partial charge in [-0.1, -0.05) is 62.4 Å². The van der Waals surface area contributed by atoms with E-state index in [0.29, 0.717) is 12.8 Å². The van der Waals surface area contributed by atoms with Crippen LogP contribution >= 0.6 is 0 Å². The van der Waals surface area contributed by atoms with E-state index < -0.39 is 12.1 Å². The number of rotatable bonds is 9. The van der Waals surface area contributed by atoms with Gasteiger partial charge in [0.1, 0.15) is 6.61 Å². The van der Waals surface area contributed by atoms with Crippen LogP contribution in [0.3, 0.4) is 0 Å². The summed E-state index contributed by atoms with van der Waals surface area (Å²) in [5.41, 5.74) is 4.74. The molecule has 0 saturated heterocycles. The maximum Gasteiger partial charge on any atom is 0.407 e. The van der Waals surface area contributed by atoms with Gasteiger partial charge in [0, 0.05) is 24.4 Å². The fraction of sp³-hybridized carbons (Fsp3) is 0.464. The van der Waals surface area contributed by atoms with Crippen LogP contribution in [-0.2, 0) is 14.3 Å². The van der Waals surface area contributed by atoms with Crippen molar-refractivity contribution < 1.29 is 24.2 Å². The average Bonchev–Trinajstić information content (AvgIpc) is 3.38. The SMILES string of the molecule is CC(C)C(CC(=O)O)NC(=O)C[C@@H]1CC[C@H](NC(=O)OCC2c3ccccc3-c3ccccc32)C1. The predicted octanol–water partition coefficient (Wildman–Crippen LogP) is 4.70. The summed E-state index contributed by atoms with van der Waals surface area (Å²) in [6.07, 6.45) is 2.18. The first-order chi connectivity index (χ1) is 16.8. The van der Waals surface area contributed by atoms with E-state index >= 15 is 0 Å². The Kier molecular flexibility index (Phi) is 7.73. The highest BCUT2D eigenvalue weighted by atomic mass is 16.5. The van der Waals surface area contributed by atoms with Crippen molar-refractivity contribution in [3.05, 3.63) is 59.7 Å². The lowest BCUT2D eigenvalue weighted by molar-refractivity contribution is -0.138. The largest absolute Gasteiger partial charge is 0.481 e. The zero-order chi connectivity index (χ0) is 24.9. The molecule has 1 saturated carbocycles. The number of hydrogen-bond donors (Lipinski definition) is 3. The second-order valence-electron chi connectivity index (χ2n) is 10.1. The third-order valence-corrected chi connectivity index (χ3v) is 7.23. The molecule has 2 amide bonds. The van der Waals surface area contributed by atoms with Gasteiger partial charge >= 0.3 is 12.1 Å². The average molecular weight is 479 g/mol. The van der Waals surface area contributed by atoms with E-state index in [4.69, 9.17) is 9.84 Å². The third kappa shape index (κ3) is 6.02. The number of carboxylic acids is 1. The van der Waals surface area contributed by atoms with Gasteiger partial charge in [-0.05, 0) is 53.4 Å². The molecule has 0 radical (unpaired) electrons. The number of carbonyl (C=O) groups is 3. The number of alkyl carbamates (subject to hydrolysis) is 1. The highest BCUT2D eigenvalue weighted by Gasteiger charge is 2.31. The predicted molar refractivity (Wildman–Crippen MR) is 133 cm³/mol. The van der Waals surface area contributed by atoms with Crippen LogP contribution in [0.15, 0.2) is 48.5 Å². The molecule has 0 heterocycles. The van der Waals surface area contributed by atoms with Crippen molar-refractivity contribution in [2.75, 3.05) is 6.61 Å². The molecule has 0 aliphatic heterocycles. The molecule has 186 valence electrons. The van der Waals surface area contributed by atoms with Crippen LogP contribution in [0.2, 0.25) is 0 Å². The van der Waals surface area contributed by atoms with E-state index in [9.17, 15) is 14.4 Å². The van der Waals surface area contributed by atoms with Crippen LogP contribution in [-0.4, -0.2) is 41.8 Å². The first-order valence-electron chi connectivity index (χ1n) is 12.4. The van der Waals surface area contributed by atoms with Crippen molar-refractivity contribution in [1.29, 1.82) is 0 Å². The number of hydrogen-bond acceptors (Lipinski definition) is 4. The van der Waals surface area contributed by atoms with Crippen molar-refractivity contribution in [2.24, 2.45) is 11.8 Å². The summed E-state index contributed by atoms with van der Waals surface area (Å²) < 4.78 is 5.65. The van der Waals surface area contributed by atoms with Crippen molar-refractivity contribution >= 4 is 18.0 Å². The highest BCUT2D eigenvalue weighted by molar-refractivity contribution is 5.79. The number of ether oxygens (including phenoxy) is 1. The molecule has 2 aromatic rings. The second-order valence-corrected chi connectivity index (χ2v) is 10.1. The molecular weight excluding hydrogens is 444 g/mol. The minimum absolute atomic E-state index is 0.0212. The lowest BCUT2D eigenvalue weighted by atomic mass is 9.98. The highest BCUT2D eigenvalue weighted by Crippen LogP contribution is 2.44. The van der Waals surface area contributed by atoms with Crippen molar-refractivity contribution in [3.8, 4) is 11.1 Å². The van der Waals surface area contributed by atoms with Crippen LogP contribution in [0.1, 0.15) is 63.0 Å². The zero-order valence-corrected chi connectivity index (χ0v) is 20.3. The minimum Gasteiger partial charge on any atom is -0.481 e. The fourth-order valence-electron chi connectivity index (χ4n) is 5.37. The summed E-state index contributed by atoms with van der Waals surface area (Å²) in [7, 11) is 0. The summed E-state index contributed by atoms with van der Waals surface area (Å²) in [6, 6.07) is 16.1. The number of benzene rings is 2. The molecule has 0 aromatic heterocycles. The molecule has 0 bridgehead atoms. The molecule has 3 atom stereocenters. The lowest BCUT2D eigenvalue weighted by Crippen LogP contribution is -2.40. The van der Waals surface area contributed by atoms with Gasteiger partial charge in [0.25, 0.3) is 0 Å². The molecule has 2 aromatic carbocycles. The number of carbonyl (C=O) groups excluding carboxylic acids is 2. The Labute approximate surface area is 206 Å². The second kappa shape index (κ2) is 10.9. The number of aliphatic carboxylic acids is 1. The number of nitrogens with one attached hydrogen (secondary N) is 2. The Morgan fingerprint density at radius 2 is 1.63 bits per heavy atom. The quantitative estimate of drug-likeness (QED) is 0.485. The minimum atomic E-state index is -0.919. The standard InChI is InChI=1S/C28H34N2O5/c1-17(2)25(15-27(32)33)30-26(31)14-18-11-12-19(13-18)29-28(34)35-16-24-22-9-5-3-7-20(22)21-8-4-6-10-23(21)24/h3-10,17-19,24-25H,11-16H2,1-2H3,(H,29,34)(H,30,31)(H,32,33)/t18-,19+,25?/m1/s1. The van der Waals surface area contributed by atoms with Crippen molar-refractivity contribution in [3.63, 3.8) is 0 Å². The van der Waals surface area contributed by atoms with Crippen molar-refractivity contribution in [2.45, 2.75) is 64.0 Å². The third-order valence-electron chi connectivity index (χ3n) is 7.23. The van der Waals surface area contributed by atoms with Gasteiger partial charge in [-0.2, -0.15) is 0 Å². The van der Waals surface area contributed by atoms with Gasteiger partial charge in [-0.15, -0.1) is 0 Å². The molecule has 7 heteroatoms.